The van der Waals surface area contributed by atoms with Gasteiger partial charge in [-0.15, -0.1) is 5.10 Å². The zero-order chi connectivity index (χ0) is 18.8. The zero-order valence-electron chi connectivity index (χ0n) is 14.6. The Kier molecular flexibility index (Phi) is 4.37. The van der Waals surface area contributed by atoms with Gasteiger partial charge in [0, 0.05) is 19.4 Å². The maximum absolute atomic E-state index is 13.3. The van der Waals surface area contributed by atoms with Crippen LogP contribution in [0.25, 0.3) is 11.0 Å². The molecule has 27 heavy (non-hydrogen) atoms. The van der Waals surface area contributed by atoms with Crippen LogP contribution in [0.5, 0.6) is 0 Å². The molecule has 1 unspecified atom stereocenters. The van der Waals surface area contributed by atoms with E-state index in [1.165, 1.54) is 12.1 Å². The number of rotatable bonds is 5. The average molecular weight is 364 g/mol. The number of aromatic nitrogens is 5. The number of hydrogen-bond donors (Lipinski definition) is 1. The number of aryl methyl sites for hydroxylation is 1. The van der Waals surface area contributed by atoms with Crippen molar-refractivity contribution in [2.24, 2.45) is 7.05 Å². The number of amides is 1. The Hall–Kier alpha value is -3.55. The molecule has 0 fully saturated rings. The molecule has 0 aliphatic heterocycles. The number of nitrogens with one attached hydrogen (secondary N) is 1. The quantitative estimate of drug-likeness (QED) is 0.589. The number of benzene rings is 2. The molecule has 0 bridgehead atoms. The lowest BCUT2D eigenvalue weighted by Gasteiger charge is -2.19. The Balaban J connectivity index is 1.60. The van der Waals surface area contributed by atoms with Crippen molar-refractivity contribution in [2.45, 2.75) is 12.6 Å². The van der Waals surface area contributed by atoms with Crippen LogP contribution >= 0.6 is 0 Å². The second-order valence-electron chi connectivity index (χ2n) is 6.18. The van der Waals surface area contributed by atoms with Crippen LogP contribution in [0.1, 0.15) is 17.4 Å². The molecule has 2 aromatic heterocycles. The zero-order valence-corrected chi connectivity index (χ0v) is 14.6. The molecule has 0 aliphatic rings. The Bertz CT molecular complexity index is 1080. The van der Waals surface area contributed by atoms with E-state index in [9.17, 15) is 9.18 Å². The van der Waals surface area contributed by atoms with Gasteiger partial charge in [-0.1, -0.05) is 29.5 Å². The largest absolute Gasteiger partial charge is 0.340 e. The van der Waals surface area contributed by atoms with Crippen molar-refractivity contribution in [1.29, 1.82) is 0 Å². The number of carbonyl (C=O) groups excluding carboxylic acids is 1. The van der Waals surface area contributed by atoms with Crippen molar-refractivity contribution < 1.29 is 9.18 Å². The SMILES string of the molecule is Cn1ccnc1C(NC(=O)Cn1nnc2ccccc21)c1ccc(F)cc1. The topological polar surface area (TPSA) is 77.6 Å². The fourth-order valence-corrected chi connectivity index (χ4v) is 2.98. The monoisotopic (exact) mass is 364 g/mol. The molecule has 0 aliphatic carbocycles. The highest BCUT2D eigenvalue weighted by Crippen LogP contribution is 2.21. The molecule has 0 saturated heterocycles. The summed E-state index contributed by atoms with van der Waals surface area (Å²) in [5, 5.41) is 11.1. The van der Waals surface area contributed by atoms with Crippen LogP contribution in [0.15, 0.2) is 60.9 Å². The fourth-order valence-electron chi connectivity index (χ4n) is 2.98. The van der Waals surface area contributed by atoms with Crippen LogP contribution < -0.4 is 5.32 Å². The molecule has 2 aromatic carbocycles. The number of imidazole rings is 1. The number of halogens is 1. The molecule has 1 atom stereocenters. The van der Waals surface area contributed by atoms with Gasteiger partial charge in [0.05, 0.1) is 5.52 Å². The van der Waals surface area contributed by atoms with E-state index >= 15 is 0 Å². The Morgan fingerprint density at radius 2 is 1.96 bits per heavy atom. The summed E-state index contributed by atoms with van der Waals surface area (Å²) in [4.78, 5) is 17.0. The summed E-state index contributed by atoms with van der Waals surface area (Å²) in [6.07, 6.45) is 3.45. The third-order valence-corrected chi connectivity index (χ3v) is 4.34. The van der Waals surface area contributed by atoms with Gasteiger partial charge in [0.25, 0.3) is 0 Å². The molecule has 4 rings (SSSR count). The molecule has 7 nitrogen and oxygen atoms in total. The number of carbonyl (C=O) groups is 1. The van der Waals surface area contributed by atoms with Crippen LogP contribution in [0.2, 0.25) is 0 Å². The predicted octanol–water partition coefficient (Wildman–Crippen LogP) is 2.21. The summed E-state index contributed by atoms with van der Waals surface area (Å²) in [5.41, 5.74) is 2.25. The summed E-state index contributed by atoms with van der Waals surface area (Å²) in [5.74, 6) is 0.0686. The first-order chi connectivity index (χ1) is 13.1. The van der Waals surface area contributed by atoms with E-state index in [1.54, 1.807) is 29.2 Å². The maximum atomic E-state index is 13.3. The minimum absolute atomic E-state index is 0.0165. The molecule has 8 heteroatoms. The highest BCUT2D eigenvalue weighted by atomic mass is 19.1. The second-order valence-corrected chi connectivity index (χ2v) is 6.18. The molecular weight excluding hydrogens is 347 g/mol. The molecule has 2 heterocycles. The van der Waals surface area contributed by atoms with Crippen molar-refractivity contribution in [2.75, 3.05) is 0 Å². The Morgan fingerprint density at radius 3 is 2.70 bits per heavy atom. The highest BCUT2D eigenvalue weighted by Gasteiger charge is 2.21. The number of para-hydroxylation sites is 1. The highest BCUT2D eigenvalue weighted by molar-refractivity contribution is 5.80. The van der Waals surface area contributed by atoms with E-state index in [2.05, 4.69) is 20.6 Å². The number of hydrogen-bond acceptors (Lipinski definition) is 4. The molecule has 0 radical (unpaired) electrons. The van der Waals surface area contributed by atoms with Crippen LogP contribution in [0.4, 0.5) is 4.39 Å². The lowest BCUT2D eigenvalue weighted by Crippen LogP contribution is -2.33. The average Bonchev–Trinajstić information content (AvgIpc) is 3.27. The molecule has 0 saturated carbocycles. The number of nitrogens with zero attached hydrogens (tertiary/aromatic N) is 5. The van der Waals surface area contributed by atoms with E-state index in [0.29, 0.717) is 5.82 Å². The summed E-state index contributed by atoms with van der Waals surface area (Å²) in [6, 6.07) is 12.9. The second kappa shape index (κ2) is 6.99. The van der Waals surface area contributed by atoms with Crippen LogP contribution in [-0.2, 0) is 18.4 Å². The van der Waals surface area contributed by atoms with Crippen LogP contribution in [0, 0.1) is 5.82 Å². The third kappa shape index (κ3) is 3.41. The van der Waals surface area contributed by atoms with Gasteiger partial charge in [-0.3, -0.25) is 4.79 Å². The lowest BCUT2D eigenvalue weighted by molar-refractivity contribution is -0.122. The first kappa shape index (κ1) is 16.9. The van der Waals surface area contributed by atoms with Crippen molar-refractivity contribution >= 4 is 16.9 Å². The van der Waals surface area contributed by atoms with Crippen LogP contribution in [-0.4, -0.2) is 30.5 Å². The van der Waals surface area contributed by atoms with Crippen molar-refractivity contribution in [3.63, 3.8) is 0 Å². The molecular formula is C19H17FN6O. The van der Waals surface area contributed by atoms with Gasteiger partial charge < -0.3 is 9.88 Å². The van der Waals surface area contributed by atoms with Gasteiger partial charge in [0.15, 0.2) is 0 Å². The van der Waals surface area contributed by atoms with E-state index in [-0.39, 0.29) is 18.3 Å². The lowest BCUT2D eigenvalue weighted by atomic mass is 10.1. The first-order valence-electron chi connectivity index (χ1n) is 8.42. The Morgan fingerprint density at radius 1 is 1.19 bits per heavy atom. The van der Waals surface area contributed by atoms with Gasteiger partial charge in [-0.25, -0.2) is 14.1 Å². The molecule has 1 N–H and O–H groups in total. The number of fused-ring (bicyclic) bond motifs is 1. The van der Waals surface area contributed by atoms with Gasteiger partial charge in [-0.2, -0.15) is 0 Å². The van der Waals surface area contributed by atoms with Gasteiger partial charge in [-0.05, 0) is 29.8 Å². The molecule has 1 amide bonds. The van der Waals surface area contributed by atoms with Crippen molar-refractivity contribution in [3.05, 3.63) is 78.1 Å². The molecule has 136 valence electrons. The van der Waals surface area contributed by atoms with Crippen molar-refractivity contribution in [3.8, 4) is 0 Å². The summed E-state index contributed by atoms with van der Waals surface area (Å²) in [6.45, 7) is 0.0165. The van der Waals surface area contributed by atoms with Gasteiger partial charge in [0.1, 0.15) is 29.7 Å². The predicted molar refractivity (Wildman–Crippen MR) is 97.1 cm³/mol. The first-order valence-corrected chi connectivity index (χ1v) is 8.42. The van der Waals surface area contributed by atoms with E-state index < -0.39 is 6.04 Å². The molecule has 0 spiro atoms. The van der Waals surface area contributed by atoms with Gasteiger partial charge >= 0.3 is 0 Å². The maximum Gasteiger partial charge on any atom is 0.242 e. The third-order valence-electron chi connectivity index (χ3n) is 4.34. The van der Waals surface area contributed by atoms with E-state index in [0.717, 1.165) is 16.6 Å². The fraction of sp³-hybridized carbons (Fsp3) is 0.158. The van der Waals surface area contributed by atoms with Crippen molar-refractivity contribution in [1.82, 2.24) is 29.9 Å². The standard InChI is InChI=1S/C19H17FN6O/c1-25-11-10-21-19(25)18(13-6-8-14(20)9-7-13)22-17(27)12-26-16-5-3-2-4-15(16)23-24-26/h2-11,18H,12H2,1H3,(H,22,27). The summed E-state index contributed by atoms with van der Waals surface area (Å²) in [7, 11) is 1.84. The summed E-state index contributed by atoms with van der Waals surface area (Å²) < 4.78 is 16.7. The minimum Gasteiger partial charge on any atom is -0.340 e. The van der Waals surface area contributed by atoms with E-state index in [4.69, 9.17) is 0 Å². The smallest absolute Gasteiger partial charge is 0.242 e. The summed E-state index contributed by atoms with van der Waals surface area (Å²) >= 11 is 0. The molecule has 4 aromatic rings. The van der Waals surface area contributed by atoms with Crippen LogP contribution in [0.3, 0.4) is 0 Å². The van der Waals surface area contributed by atoms with Gasteiger partial charge in [0.2, 0.25) is 5.91 Å². The minimum atomic E-state index is -0.507. The van der Waals surface area contributed by atoms with E-state index in [1.807, 2.05) is 35.9 Å². The Labute approximate surface area is 154 Å². The normalized spacial score (nSPS) is 12.2.